The molecule has 1 fully saturated rings. The lowest BCUT2D eigenvalue weighted by atomic mass is 10.1. The number of carbonyl (C=O) groups excluding carboxylic acids is 1. The molecule has 1 aliphatic heterocycles. The van der Waals surface area contributed by atoms with Crippen molar-refractivity contribution >= 4 is 11.9 Å². The third-order valence-electron chi connectivity index (χ3n) is 2.92. The van der Waals surface area contributed by atoms with Gasteiger partial charge in [0.25, 0.3) is 0 Å². The number of amides is 1. The van der Waals surface area contributed by atoms with Gasteiger partial charge in [-0.25, -0.2) is 4.79 Å². The Kier molecular flexibility index (Phi) is 3.94. The summed E-state index contributed by atoms with van der Waals surface area (Å²) in [6, 6.07) is 6.85. The molecule has 0 spiro atoms. The molecule has 18 heavy (non-hydrogen) atoms. The normalized spacial score (nSPS) is 17.0. The van der Waals surface area contributed by atoms with Gasteiger partial charge in [-0.3, -0.25) is 9.69 Å². The Morgan fingerprint density at radius 3 is 3.06 bits per heavy atom. The van der Waals surface area contributed by atoms with E-state index in [-0.39, 0.29) is 11.5 Å². The maximum Gasteiger partial charge on any atom is 0.335 e. The van der Waals surface area contributed by atoms with Crippen LogP contribution in [-0.2, 0) is 11.3 Å². The summed E-state index contributed by atoms with van der Waals surface area (Å²) in [6.45, 7) is 2.53. The van der Waals surface area contributed by atoms with E-state index in [4.69, 9.17) is 5.11 Å². The van der Waals surface area contributed by atoms with E-state index in [1.54, 1.807) is 18.2 Å². The van der Waals surface area contributed by atoms with E-state index in [2.05, 4.69) is 5.32 Å². The number of hydrogen-bond acceptors (Lipinski definition) is 3. The monoisotopic (exact) mass is 248 g/mol. The van der Waals surface area contributed by atoms with Crippen molar-refractivity contribution in [1.29, 1.82) is 0 Å². The minimum atomic E-state index is -0.926. The van der Waals surface area contributed by atoms with Gasteiger partial charge in [0.1, 0.15) is 0 Å². The van der Waals surface area contributed by atoms with Crippen molar-refractivity contribution in [2.75, 3.05) is 19.6 Å². The maximum absolute atomic E-state index is 11.4. The van der Waals surface area contributed by atoms with Gasteiger partial charge < -0.3 is 10.4 Å². The van der Waals surface area contributed by atoms with Crippen LogP contribution in [0.3, 0.4) is 0 Å². The summed E-state index contributed by atoms with van der Waals surface area (Å²) in [5.74, 6) is -0.896. The van der Waals surface area contributed by atoms with E-state index < -0.39 is 5.97 Å². The first-order valence-corrected chi connectivity index (χ1v) is 5.96. The molecule has 2 N–H and O–H groups in total. The Balaban J connectivity index is 2.05. The number of nitrogens with zero attached hydrogens (tertiary/aromatic N) is 1. The van der Waals surface area contributed by atoms with Gasteiger partial charge in [-0.1, -0.05) is 12.1 Å². The van der Waals surface area contributed by atoms with Crippen LogP contribution in [0.15, 0.2) is 24.3 Å². The fourth-order valence-electron chi connectivity index (χ4n) is 2.06. The van der Waals surface area contributed by atoms with Gasteiger partial charge in [-0.15, -0.1) is 0 Å². The van der Waals surface area contributed by atoms with Crippen LogP contribution in [0, 0.1) is 0 Å². The fraction of sp³-hybridized carbons (Fsp3) is 0.385. The highest BCUT2D eigenvalue weighted by Crippen LogP contribution is 2.09. The van der Waals surface area contributed by atoms with Gasteiger partial charge in [0.15, 0.2) is 0 Å². The Morgan fingerprint density at radius 2 is 2.28 bits per heavy atom. The zero-order valence-electron chi connectivity index (χ0n) is 10.1. The van der Waals surface area contributed by atoms with Crippen molar-refractivity contribution in [1.82, 2.24) is 10.2 Å². The molecule has 0 atom stereocenters. The largest absolute Gasteiger partial charge is 0.478 e. The predicted octanol–water partition coefficient (Wildman–Crippen LogP) is 0.707. The summed E-state index contributed by atoms with van der Waals surface area (Å²) in [7, 11) is 0. The predicted molar refractivity (Wildman–Crippen MR) is 66.3 cm³/mol. The zero-order chi connectivity index (χ0) is 13.0. The average Bonchev–Trinajstić information content (AvgIpc) is 2.54. The van der Waals surface area contributed by atoms with E-state index in [9.17, 15) is 9.59 Å². The van der Waals surface area contributed by atoms with Gasteiger partial charge in [0, 0.05) is 19.6 Å². The van der Waals surface area contributed by atoms with Crippen molar-refractivity contribution in [3.05, 3.63) is 35.4 Å². The molecule has 1 heterocycles. The smallest absolute Gasteiger partial charge is 0.335 e. The van der Waals surface area contributed by atoms with E-state index in [1.807, 2.05) is 11.0 Å². The van der Waals surface area contributed by atoms with Gasteiger partial charge >= 0.3 is 5.97 Å². The van der Waals surface area contributed by atoms with E-state index in [1.165, 1.54) is 0 Å². The molecule has 1 saturated heterocycles. The Bertz CT molecular complexity index is 459. The number of aromatic carboxylic acids is 1. The molecule has 0 aliphatic carbocycles. The summed E-state index contributed by atoms with van der Waals surface area (Å²) < 4.78 is 0. The first-order chi connectivity index (χ1) is 8.65. The number of hydrogen-bond donors (Lipinski definition) is 2. The molecule has 0 radical (unpaired) electrons. The molecule has 5 nitrogen and oxygen atoms in total. The highest BCUT2D eigenvalue weighted by atomic mass is 16.4. The van der Waals surface area contributed by atoms with Crippen molar-refractivity contribution < 1.29 is 14.7 Å². The summed E-state index contributed by atoms with van der Waals surface area (Å²) in [5.41, 5.74) is 1.20. The summed E-state index contributed by atoms with van der Waals surface area (Å²) in [4.78, 5) is 24.3. The highest BCUT2D eigenvalue weighted by Gasteiger charge is 2.15. The van der Waals surface area contributed by atoms with Crippen LogP contribution in [0.2, 0.25) is 0 Å². The molecule has 0 bridgehead atoms. The molecule has 1 aromatic carbocycles. The Hall–Kier alpha value is -1.88. The van der Waals surface area contributed by atoms with Crippen LogP contribution in [-0.4, -0.2) is 41.5 Å². The van der Waals surface area contributed by atoms with Crippen LogP contribution in [0.4, 0.5) is 0 Å². The van der Waals surface area contributed by atoms with Crippen LogP contribution in [0.1, 0.15) is 22.3 Å². The Morgan fingerprint density at radius 1 is 1.44 bits per heavy atom. The highest BCUT2D eigenvalue weighted by molar-refractivity contribution is 5.87. The molecule has 2 rings (SSSR count). The summed E-state index contributed by atoms with van der Waals surface area (Å²) >= 11 is 0. The summed E-state index contributed by atoms with van der Waals surface area (Å²) in [5, 5.41) is 11.7. The first kappa shape index (κ1) is 12.6. The van der Waals surface area contributed by atoms with Crippen LogP contribution in [0.5, 0.6) is 0 Å². The minimum absolute atomic E-state index is 0.0295. The van der Waals surface area contributed by atoms with Crippen molar-refractivity contribution in [3.8, 4) is 0 Å². The number of carboxylic acids is 1. The van der Waals surface area contributed by atoms with Gasteiger partial charge in [0.2, 0.25) is 5.91 Å². The third-order valence-corrected chi connectivity index (χ3v) is 2.92. The Labute approximate surface area is 105 Å². The van der Waals surface area contributed by atoms with Crippen molar-refractivity contribution in [3.63, 3.8) is 0 Å². The number of benzene rings is 1. The van der Waals surface area contributed by atoms with Gasteiger partial charge in [0.05, 0.1) is 12.1 Å². The second-order valence-electron chi connectivity index (χ2n) is 4.42. The van der Waals surface area contributed by atoms with Crippen LogP contribution < -0.4 is 5.32 Å². The number of nitrogens with one attached hydrogen (secondary N) is 1. The van der Waals surface area contributed by atoms with Crippen LogP contribution >= 0.6 is 0 Å². The standard InChI is InChI=1S/C13H16N2O3/c16-12-9-15(6-2-5-14-12)8-10-3-1-4-11(7-10)13(17)18/h1,3-4,7H,2,5-6,8-9H2,(H,14,16)(H,17,18). The number of rotatable bonds is 3. The van der Waals surface area contributed by atoms with E-state index in [0.717, 1.165) is 18.5 Å². The SMILES string of the molecule is O=C1CN(Cc2cccc(C(=O)O)c2)CCCN1. The second kappa shape index (κ2) is 5.64. The quantitative estimate of drug-likeness (QED) is 0.826. The summed E-state index contributed by atoms with van der Waals surface area (Å²) in [6.07, 6.45) is 0.921. The molecule has 0 unspecified atom stereocenters. The molecular weight excluding hydrogens is 232 g/mol. The van der Waals surface area contributed by atoms with Gasteiger partial charge in [-0.05, 0) is 24.1 Å². The molecule has 0 aromatic heterocycles. The van der Waals surface area contributed by atoms with Crippen LogP contribution in [0.25, 0.3) is 0 Å². The molecular formula is C13H16N2O3. The lowest BCUT2D eigenvalue weighted by molar-refractivity contribution is -0.121. The topological polar surface area (TPSA) is 69.6 Å². The van der Waals surface area contributed by atoms with Crippen molar-refractivity contribution in [2.45, 2.75) is 13.0 Å². The fourth-order valence-corrected chi connectivity index (χ4v) is 2.06. The minimum Gasteiger partial charge on any atom is -0.478 e. The second-order valence-corrected chi connectivity index (χ2v) is 4.42. The maximum atomic E-state index is 11.4. The average molecular weight is 248 g/mol. The molecule has 96 valence electrons. The van der Waals surface area contributed by atoms with Crippen molar-refractivity contribution in [2.24, 2.45) is 0 Å². The first-order valence-electron chi connectivity index (χ1n) is 5.96. The molecule has 1 amide bonds. The lowest BCUT2D eigenvalue weighted by Crippen LogP contribution is -2.32. The molecule has 0 saturated carbocycles. The van der Waals surface area contributed by atoms with Gasteiger partial charge in [-0.2, -0.15) is 0 Å². The number of carboxylic acid groups (broad SMARTS) is 1. The van der Waals surface area contributed by atoms with E-state index in [0.29, 0.717) is 19.6 Å². The molecule has 5 heteroatoms. The lowest BCUT2D eigenvalue weighted by Gasteiger charge is -2.18. The number of carbonyl (C=O) groups is 2. The third kappa shape index (κ3) is 3.30. The zero-order valence-corrected chi connectivity index (χ0v) is 10.1. The molecule has 1 aliphatic rings. The molecule has 1 aromatic rings. The van der Waals surface area contributed by atoms with E-state index >= 15 is 0 Å².